The number of rotatable bonds is 12. The molecule has 0 bridgehead atoms. The van der Waals surface area contributed by atoms with Crippen molar-refractivity contribution in [3.05, 3.63) is 0 Å². The molecular weight excluding hydrogens is 244 g/mol. The summed E-state index contributed by atoms with van der Waals surface area (Å²) in [4.78, 5) is 0. The summed E-state index contributed by atoms with van der Waals surface area (Å²) >= 11 is 0. The second-order valence-corrected chi connectivity index (χ2v) is 10.3. The Morgan fingerprint density at radius 2 is 1.05 bits per heavy atom. The quantitative estimate of drug-likeness (QED) is 0.276. The van der Waals surface area contributed by atoms with Crippen LogP contribution in [0.25, 0.3) is 0 Å². The molecule has 0 saturated carbocycles. The molecule has 0 atom stereocenters. The summed E-state index contributed by atoms with van der Waals surface area (Å²) in [5.74, 6) is 0. The Morgan fingerprint density at radius 3 is 1.58 bits per heavy atom. The summed E-state index contributed by atoms with van der Waals surface area (Å²) in [6.07, 6.45) is 21.1. The van der Waals surface area contributed by atoms with E-state index in [2.05, 4.69) is 6.92 Å². The van der Waals surface area contributed by atoms with E-state index in [9.17, 15) is 0 Å². The van der Waals surface area contributed by atoms with E-state index < -0.39 is 0 Å². The molecule has 1 aliphatic rings. The van der Waals surface area contributed by atoms with E-state index in [0.717, 1.165) is 0 Å². The van der Waals surface area contributed by atoms with E-state index >= 15 is 0 Å². The maximum absolute atomic E-state index is 2.30. The molecule has 0 N–H and O–H groups in total. The first kappa shape index (κ1) is 17.3. The number of hydrogen-bond acceptors (Lipinski definition) is 0. The fourth-order valence-corrected chi connectivity index (χ4v) is 7.04. The van der Waals surface area contributed by atoms with E-state index in [4.69, 9.17) is 0 Å². The second kappa shape index (κ2) is 13.2. The van der Waals surface area contributed by atoms with Crippen LogP contribution in [-0.4, -0.2) is 8.80 Å². The lowest BCUT2D eigenvalue weighted by atomic mass is 10.1. The van der Waals surface area contributed by atoms with E-state index in [1.54, 1.807) is 50.2 Å². The van der Waals surface area contributed by atoms with Gasteiger partial charge in [-0.1, -0.05) is 115 Å². The van der Waals surface area contributed by atoms with Gasteiger partial charge in [0.25, 0.3) is 0 Å². The smallest absolute Gasteiger partial charge is 0.0367 e. The van der Waals surface area contributed by atoms with Gasteiger partial charge in [-0.25, -0.2) is 0 Å². The molecule has 1 saturated heterocycles. The Morgan fingerprint density at radius 1 is 0.579 bits per heavy atom. The molecule has 0 aromatic carbocycles. The first-order valence-electron chi connectivity index (χ1n) is 9.43. The highest BCUT2D eigenvalue weighted by Crippen LogP contribution is 2.23. The third kappa shape index (κ3) is 10.6. The Labute approximate surface area is 124 Å². The van der Waals surface area contributed by atoms with E-state index in [-0.39, 0.29) is 8.80 Å². The van der Waals surface area contributed by atoms with Crippen molar-refractivity contribution in [2.75, 3.05) is 0 Å². The van der Waals surface area contributed by atoms with Gasteiger partial charge in [-0.2, -0.15) is 0 Å². The molecule has 19 heavy (non-hydrogen) atoms. The van der Waals surface area contributed by atoms with Gasteiger partial charge >= 0.3 is 0 Å². The molecule has 0 nitrogen and oxygen atoms in total. The highest BCUT2D eigenvalue weighted by atomic mass is 28.3. The average molecular weight is 283 g/mol. The van der Waals surface area contributed by atoms with Gasteiger partial charge in [0.15, 0.2) is 0 Å². The van der Waals surface area contributed by atoms with Gasteiger partial charge in [-0.15, -0.1) is 0 Å². The molecule has 0 aromatic rings. The minimum Gasteiger partial charge on any atom is -0.0654 e. The van der Waals surface area contributed by atoms with Crippen LogP contribution in [0, 0.1) is 0 Å². The second-order valence-electron chi connectivity index (χ2n) is 6.83. The Balaban J connectivity index is 1.71. The van der Waals surface area contributed by atoms with Crippen LogP contribution in [0.1, 0.15) is 96.8 Å². The molecule has 1 heterocycles. The minimum absolute atomic E-state index is 0.208. The summed E-state index contributed by atoms with van der Waals surface area (Å²) in [5.41, 5.74) is 0. The van der Waals surface area contributed by atoms with Crippen molar-refractivity contribution in [3.8, 4) is 0 Å². The van der Waals surface area contributed by atoms with Gasteiger partial charge in [0.2, 0.25) is 0 Å². The van der Waals surface area contributed by atoms with Gasteiger partial charge in [0.1, 0.15) is 0 Å². The molecule has 0 amide bonds. The molecule has 1 heteroatoms. The molecular formula is C18H38Si. The number of hydrogen-bond donors (Lipinski definition) is 0. The summed E-state index contributed by atoms with van der Waals surface area (Å²) in [6.45, 7) is 2.30. The predicted octanol–water partition coefficient (Wildman–Crippen LogP) is 6.71. The fraction of sp³-hybridized carbons (Fsp3) is 1.00. The first-order valence-corrected chi connectivity index (χ1v) is 11.9. The maximum atomic E-state index is 2.30. The Kier molecular flexibility index (Phi) is 12.0. The van der Waals surface area contributed by atoms with Crippen LogP contribution in [0.5, 0.6) is 0 Å². The van der Waals surface area contributed by atoms with Crippen LogP contribution in [0.4, 0.5) is 0 Å². The number of unbranched alkanes of at least 4 members (excludes halogenated alkanes) is 10. The normalized spacial score (nSPS) is 16.9. The predicted molar refractivity (Wildman–Crippen MR) is 91.9 cm³/mol. The zero-order valence-electron chi connectivity index (χ0n) is 13.6. The van der Waals surface area contributed by atoms with Crippen LogP contribution >= 0.6 is 0 Å². The van der Waals surface area contributed by atoms with Crippen molar-refractivity contribution in [2.24, 2.45) is 0 Å². The monoisotopic (exact) mass is 282 g/mol. The first-order chi connectivity index (χ1) is 9.43. The van der Waals surface area contributed by atoms with Gasteiger partial charge in [0.05, 0.1) is 0 Å². The molecule has 0 aromatic heterocycles. The standard InChI is InChI=1S/C18H38Si/c1-2-3-4-5-6-7-8-9-10-11-13-16-19-17-14-12-15-18-19/h19H,2-18H2,1H3. The van der Waals surface area contributed by atoms with Crippen LogP contribution in [0.2, 0.25) is 18.1 Å². The largest absolute Gasteiger partial charge is 0.0654 e. The molecule has 1 aliphatic heterocycles. The molecule has 114 valence electrons. The summed E-state index contributed by atoms with van der Waals surface area (Å²) in [6, 6.07) is 5.03. The van der Waals surface area contributed by atoms with Gasteiger partial charge in [-0.3, -0.25) is 0 Å². The summed E-state index contributed by atoms with van der Waals surface area (Å²) in [7, 11) is -0.208. The molecule has 0 radical (unpaired) electrons. The SMILES string of the molecule is CCCCCCCCCCCCC[SiH]1CCCCC1. The lowest BCUT2D eigenvalue weighted by Crippen LogP contribution is -2.15. The van der Waals surface area contributed by atoms with Crippen LogP contribution in [-0.2, 0) is 0 Å². The van der Waals surface area contributed by atoms with Crippen LogP contribution < -0.4 is 0 Å². The summed E-state index contributed by atoms with van der Waals surface area (Å²) in [5, 5.41) is 0. The fourth-order valence-electron chi connectivity index (χ4n) is 3.57. The highest BCUT2D eigenvalue weighted by Gasteiger charge is 2.13. The third-order valence-electron chi connectivity index (χ3n) is 4.94. The van der Waals surface area contributed by atoms with Gasteiger partial charge in [0, 0.05) is 8.80 Å². The zero-order valence-corrected chi connectivity index (χ0v) is 14.8. The maximum Gasteiger partial charge on any atom is 0.0367 e. The Bertz CT molecular complexity index is 173. The van der Waals surface area contributed by atoms with Crippen molar-refractivity contribution in [2.45, 2.75) is 115 Å². The molecule has 1 fully saturated rings. The van der Waals surface area contributed by atoms with Crippen LogP contribution in [0.15, 0.2) is 0 Å². The zero-order chi connectivity index (χ0) is 13.6. The van der Waals surface area contributed by atoms with E-state index in [1.165, 1.54) is 57.8 Å². The van der Waals surface area contributed by atoms with Crippen LogP contribution in [0.3, 0.4) is 0 Å². The van der Waals surface area contributed by atoms with Crippen molar-refractivity contribution < 1.29 is 0 Å². The van der Waals surface area contributed by atoms with Gasteiger partial charge in [-0.05, 0) is 0 Å². The molecule has 1 rings (SSSR count). The minimum atomic E-state index is -0.208. The van der Waals surface area contributed by atoms with Crippen molar-refractivity contribution in [1.82, 2.24) is 0 Å². The topological polar surface area (TPSA) is 0 Å². The van der Waals surface area contributed by atoms with Crippen molar-refractivity contribution in [1.29, 1.82) is 0 Å². The lowest BCUT2D eigenvalue weighted by molar-refractivity contribution is 0.553. The summed E-state index contributed by atoms with van der Waals surface area (Å²) < 4.78 is 0. The van der Waals surface area contributed by atoms with Gasteiger partial charge < -0.3 is 0 Å². The third-order valence-corrected chi connectivity index (χ3v) is 8.61. The molecule has 0 aliphatic carbocycles. The highest BCUT2D eigenvalue weighted by molar-refractivity contribution is 6.58. The average Bonchev–Trinajstić information content (AvgIpc) is 2.46. The van der Waals surface area contributed by atoms with Crippen molar-refractivity contribution >= 4 is 8.80 Å². The van der Waals surface area contributed by atoms with E-state index in [1.807, 2.05) is 0 Å². The van der Waals surface area contributed by atoms with E-state index in [0.29, 0.717) is 0 Å². The molecule has 0 spiro atoms. The lowest BCUT2D eigenvalue weighted by Gasteiger charge is -2.19. The molecule has 0 unspecified atom stereocenters. The Hall–Kier alpha value is 0.217. The van der Waals surface area contributed by atoms with Crippen molar-refractivity contribution in [3.63, 3.8) is 0 Å².